The van der Waals surface area contributed by atoms with Crippen molar-refractivity contribution < 1.29 is 13.6 Å². The van der Waals surface area contributed by atoms with Gasteiger partial charge in [0.2, 0.25) is 0 Å². The topological polar surface area (TPSA) is 66.4 Å². The van der Waals surface area contributed by atoms with Gasteiger partial charge in [-0.1, -0.05) is 91.0 Å². The summed E-state index contributed by atoms with van der Waals surface area (Å²) < 4.78 is 23.7. The Bertz CT molecular complexity index is 1020. The quantitative estimate of drug-likeness (QED) is 0.382. The van der Waals surface area contributed by atoms with Crippen molar-refractivity contribution in [2.45, 2.75) is 31.1 Å². The first-order valence-electron chi connectivity index (χ1n) is 9.67. The molecule has 0 unspecified atom stereocenters. The van der Waals surface area contributed by atoms with E-state index in [9.17, 15) is 8.42 Å². The number of benzene rings is 3. The van der Waals surface area contributed by atoms with Gasteiger partial charge in [-0.25, -0.2) is 8.42 Å². The zero-order chi connectivity index (χ0) is 20.7. The van der Waals surface area contributed by atoms with Crippen molar-refractivity contribution >= 4 is 21.2 Å². The van der Waals surface area contributed by atoms with Gasteiger partial charge in [-0.15, -0.1) is 0 Å². The zero-order valence-electron chi connectivity index (χ0n) is 16.4. The third kappa shape index (κ3) is 5.01. The number of rotatable bonds is 8. The lowest BCUT2D eigenvalue weighted by Gasteiger charge is -2.18. The molecule has 0 heterocycles. The third-order valence-electron chi connectivity index (χ3n) is 4.84. The summed E-state index contributed by atoms with van der Waals surface area (Å²) in [6.45, 7) is 2.16. The minimum absolute atomic E-state index is 0.0274. The van der Waals surface area contributed by atoms with Crippen molar-refractivity contribution in [1.29, 1.82) is 0 Å². The number of allylic oxidation sites excluding steroid dienone is 1. The molecule has 0 fully saturated rings. The maximum absolute atomic E-state index is 11.9. The number of unbranched alkanes of at least 4 members (excludes halogenated alkanes) is 1. The van der Waals surface area contributed by atoms with E-state index in [2.05, 4.69) is 31.2 Å². The molecule has 0 atom stereocenters. The molecule has 0 amide bonds. The van der Waals surface area contributed by atoms with Crippen LogP contribution in [0.5, 0.6) is 0 Å². The van der Waals surface area contributed by atoms with Crippen molar-refractivity contribution in [2.75, 3.05) is 0 Å². The molecule has 0 radical (unpaired) electrons. The second-order valence-corrected chi connectivity index (χ2v) is 8.47. The van der Waals surface area contributed by atoms with Crippen molar-refractivity contribution in [2.24, 2.45) is 0 Å². The molecule has 0 saturated carbocycles. The van der Waals surface area contributed by atoms with E-state index in [1.807, 2.05) is 36.4 Å². The Morgan fingerprint density at radius 1 is 0.793 bits per heavy atom. The van der Waals surface area contributed by atoms with E-state index < -0.39 is 10.0 Å². The summed E-state index contributed by atoms with van der Waals surface area (Å²) in [5, 5.41) is 8.88. The summed E-state index contributed by atoms with van der Waals surface area (Å²) in [6.07, 6.45) is 2.96. The maximum Gasteiger partial charge on any atom is 0.262 e. The van der Waals surface area contributed by atoms with Gasteiger partial charge < -0.3 is 5.21 Å². The van der Waals surface area contributed by atoms with Crippen LogP contribution in [0.1, 0.15) is 42.9 Å². The highest BCUT2D eigenvalue weighted by Gasteiger charge is 2.16. The largest absolute Gasteiger partial charge is 0.302 e. The standard InChI is InChI=1S/C24H25NO3S/c1-2-3-14-23(19-15-17-22(18-16-19)29(27,28)25-26)24(20-10-6-4-7-11-20)21-12-8-5-9-13-21/h4-13,15-18,25-26H,2-3,14H2,1H3. The Hall–Kier alpha value is -2.73. The average Bonchev–Trinajstić information content (AvgIpc) is 2.78. The number of sulfonamides is 1. The molecule has 3 aromatic rings. The van der Waals surface area contributed by atoms with Crippen molar-refractivity contribution in [3.05, 3.63) is 102 Å². The van der Waals surface area contributed by atoms with Crippen LogP contribution in [0.3, 0.4) is 0 Å². The van der Waals surface area contributed by atoms with E-state index in [-0.39, 0.29) is 4.90 Å². The summed E-state index contributed by atoms with van der Waals surface area (Å²) in [6, 6.07) is 27.2. The van der Waals surface area contributed by atoms with E-state index in [0.717, 1.165) is 41.5 Å². The van der Waals surface area contributed by atoms with Crippen LogP contribution in [0.15, 0.2) is 89.8 Å². The van der Waals surface area contributed by atoms with E-state index in [1.165, 1.54) is 22.6 Å². The Morgan fingerprint density at radius 2 is 1.31 bits per heavy atom. The summed E-state index contributed by atoms with van der Waals surface area (Å²) in [7, 11) is -3.89. The van der Waals surface area contributed by atoms with Crippen LogP contribution in [0.4, 0.5) is 0 Å². The predicted molar refractivity (Wildman–Crippen MR) is 117 cm³/mol. The monoisotopic (exact) mass is 407 g/mol. The summed E-state index contributed by atoms with van der Waals surface area (Å²) in [5.41, 5.74) is 5.54. The van der Waals surface area contributed by atoms with Crippen LogP contribution < -0.4 is 4.89 Å². The van der Waals surface area contributed by atoms with E-state index in [0.29, 0.717) is 0 Å². The maximum atomic E-state index is 11.9. The van der Waals surface area contributed by atoms with Gasteiger partial charge in [-0.2, -0.15) is 0 Å². The van der Waals surface area contributed by atoms with Crippen LogP contribution in [0, 0.1) is 0 Å². The Labute approximate surface area is 172 Å². The highest BCUT2D eigenvalue weighted by Crippen LogP contribution is 2.35. The van der Waals surface area contributed by atoms with Gasteiger partial charge >= 0.3 is 0 Å². The molecule has 0 spiro atoms. The van der Waals surface area contributed by atoms with Gasteiger partial charge in [0, 0.05) is 0 Å². The molecular weight excluding hydrogens is 382 g/mol. The van der Waals surface area contributed by atoms with Crippen LogP contribution in [0.2, 0.25) is 0 Å². The molecule has 0 bridgehead atoms. The minimum atomic E-state index is -3.89. The van der Waals surface area contributed by atoms with Gasteiger partial charge in [0.25, 0.3) is 10.0 Å². The van der Waals surface area contributed by atoms with Gasteiger partial charge in [0.1, 0.15) is 0 Å². The lowest BCUT2D eigenvalue weighted by Crippen LogP contribution is -2.19. The lowest BCUT2D eigenvalue weighted by atomic mass is 9.87. The molecule has 0 aliphatic rings. The highest BCUT2D eigenvalue weighted by molar-refractivity contribution is 7.89. The molecule has 0 saturated heterocycles. The van der Waals surface area contributed by atoms with Crippen LogP contribution in [-0.4, -0.2) is 13.6 Å². The van der Waals surface area contributed by atoms with Gasteiger partial charge in [0.15, 0.2) is 0 Å². The highest BCUT2D eigenvalue weighted by atomic mass is 32.2. The Balaban J connectivity index is 2.21. The molecule has 3 aromatic carbocycles. The van der Waals surface area contributed by atoms with Gasteiger partial charge in [-0.05, 0) is 52.8 Å². The summed E-state index contributed by atoms with van der Waals surface area (Å²) >= 11 is 0. The fourth-order valence-electron chi connectivity index (χ4n) is 3.38. The predicted octanol–water partition coefficient (Wildman–Crippen LogP) is 5.50. The molecule has 29 heavy (non-hydrogen) atoms. The molecule has 3 rings (SSSR count). The second-order valence-electron chi connectivity index (χ2n) is 6.81. The SMILES string of the molecule is CCCCC(=C(c1ccccc1)c1ccccc1)c1ccc(S(=O)(=O)NO)cc1. The molecule has 5 heteroatoms. The smallest absolute Gasteiger partial charge is 0.262 e. The van der Waals surface area contributed by atoms with Crippen LogP contribution in [0.25, 0.3) is 11.1 Å². The first-order chi connectivity index (χ1) is 14.1. The Kier molecular flexibility index (Phi) is 6.99. The molecule has 0 aliphatic carbocycles. The number of nitrogens with one attached hydrogen (secondary N) is 1. The van der Waals surface area contributed by atoms with Crippen molar-refractivity contribution in [1.82, 2.24) is 4.89 Å². The molecule has 0 aliphatic heterocycles. The average molecular weight is 408 g/mol. The van der Waals surface area contributed by atoms with Crippen LogP contribution >= 0.6 is 0 Å². The van der Waals surface area contributed by atoms with Crippen molar-refractivity contribution in [3.8, 4) is 0 Å². The fourth-order valence-corrected chi connectivity index (χ4v) is 3.98. The second kappa shape index (κ2) is 9.65. The first kappa shape index (κ1) is 21.0. The Morgan fingerprint density at radius 3 is 1.76 bits per heavy atom. The summed E-state index contributed by atoms with van der Waals surface area (Å²) in [5.74, 6) is 0. The molecule has 0 aromatic heterocycles. The third-order valence-corrected chi connectivity index (χ3v) is 5.97. The first-order valence-corrected chi connectivity index (χ1v) is 11.2. The molecule has 2 N–H and O–H groups in total. The minimum Gasteiger partial charge on any atom is -0.302 e. The van der Waals surface area contributed by atoms with Crippen molar-refractivity contribution in [3.63, 3.8) is 0 Å². The van der Waals surface area contributed by atoms with E-state index in [4.69, 9.17) is 5.21 Å². The van der Waals surface area contributed by atoms with E-state index in [1.54, 1.807) is 12.1 Å². The number of hydrogen-bond donors (Lipinski definition) is 2. The van der Waals surface area contributed by atoms with Gasteiger partial charge in [-0.3, -0.25) is 0 Å². The molecular formula is C24H25NO3S. The normalized spacial score (nSPS) is 11.2. The fraction of sp³-hybridized carbons (Fsp3) is 0.167. The number of hydrogen-bond acceptors (Lipinski definition) is 3. The van der Waals surface area contributed by atoms with E-state index >= 15 is 0 Å². The zero-order valence-corrected chi connectivity index (χ0v) is 17.2. The lowest BCUT2D eigenvalue weighted by molar-refractivity contribution is 0.242. The molecule has 4 nitrogen and oxygen atoms in total. The summed E-state index contributed by atoms with van der Waals surface area (Å²) in [4.78, 5) is 1.40. The van der Waals surface area contributed by atoms with Gasteiger partial charge in [0.05, 0.1) is 4.90 Å². The molecule has 150 valence electrons. The van der Waals surface area contributed by atoms with Crippen LogP contribution in [-0.2, 0) is 10.0 Å².